The lowest BCUT2D eigenvalue weighted by Crippen LogP contribution is -2.25. The molecule has 1 aromatic carbocycles. The smallest absolute Gasteiger partial charge is 0.323 e. The number of esters is 1. The number of Topliss-reactive ketones (excluding diaryl/α,β-unsaturated/α-hetero) is 1. The van der Waals surface area contributed by atoms with Crippen LogP contribution >= 0.6 is 23.1 Å². The minimum atomic E-state index is -1.02. The van der Waals surface area contributed by atoms with Crippen molar-refractivity contribution in [1.29, 1.82) is 0 Å². The highest BCUT2D eigenvalue weighted by molar-refractivity contribution is 7.99. The predicted octanol–water partition coefficient (Wildman–Crippen LogP) is 3.66. The molecule has 0 N–H and O–H groups in total. The lowest BCUT2D eigenvalue weighted by Gasteiger charge is -2.13. The summed E-state index contributed by atoms with van der Waals surface area (Å²) < 4.78 is 7.02. The van der Waals surface area contributed by atoms with Crippen LogP contribution in [0, 0.1) is 20.8 Å². The van der Waals surface area contributed by atoms with Crippen molar-refractivity contribution < 1.29 is 14.3 Å². The van der Waals surface area contributed by atoms with Gasteiger partial charge in [-0.25, -0.2) is 4.98 Å². The van der Waals surface area contributed by atoms with Gasteiger partial charge in [0.1, 0.15) is 10.8 Å². The summed E-state index contributed by atoms with van der Waals surface area (Å²) in [6, 6.07) is 7.97. The maximum absolute atomic E-state index is 12.9. The second-order valence-corrected chi connectivity index (χ2v) is 8.30. The van der Waals surface area contributed by atoms with E-state index in [2.05, 4.69) is 15.2 Å². The van der Waals surface area contributed by atoms with Crippen LogP contribution in [0.1, 0.15) is 34.9 Å². The number of carbonyl (C=O) groups is 2. The van der Waals surface area contributed by atoms with E-state index in [0.717, 1.165) is 22.8 Å². The van der Waals surface area contributed by atoms with Crippen molar-refractivity contribution in [2.24, 2.45) is 0 Å². The summed E-state index contributed by atoms with van der Waals surface area (Å²) in [5.41, 5.74) is 2.82. The third-order valence-corrected chi connectivity index (χ3v) is 6.11. The highest BCUT2D eigenvalue weighted by Gasteiger charge is 2.32. The van der Waals surface area contributed by atoms with E-state index in [1.54, 1.807) is 6.92 Å². The van der Waals surface area contributed by atoms with Crippen molar-refractivity contribution in [3.8, 4) is 5.69 Å². The quantitative estimate of drug-likeness (QED) is 0.306. The summed E-state index contributed by atoms with van der Waals surface area (Å²) in [5.74, 6) is -1.06. The van der Waals surface area contributed by atoms with E-state index in [1.165, 1.54) is 23.1 Å². The molecule has 0 aliphatic carbocycles. The molecule has 0 aliphatic heterocycles. The van der Waals surface area contributed by atoms with Gasteiger partial charge in [0.05, 0.1) is 12.4 Å². The average Bonchev–Trinajstić information content (AvgIpc) is 3.26. The Morgan fingerprint density at radius 1 is 1.24 bits per heavy atom. The third kappa shape index (κ3) is 4.91. The summed E-state index contributed by atoms with van der Waals surface area (Å²) in [6.07, 6.45) is 0. The van der Waals surface area contributed by atoms with E-state index in [4.69, 9.17) is 4.74 Å². The van der Waals surface area contributed by atoms with E-state index < -0.39 is 11.9 Å². The molecule has 2 heterocycles. The van der Waals surface area contributed by atoms with Crippen LogP contribution in [0.5, 0.6) is 0 Å². The van der Waals surface area contributed by atoms with Crippen LogP contribution in [0.2, 0.25) is 0 Å². The number of thioether (sulfide) groups is 1. The van der Waals surface area contributed by atoms with Gasteiger partial charge in [0.25, 0.3) is 0 Å². The number of hydrogen-bond donors (Lipinski definition) is 0. The zero-order valence-corrected chi connectivity index (χ0v) is 18.3. The van der Waals surface area contributed by atoms with Crippen molar-refractivity contribution in [2.45, 2.75) is 38.8 Å². The number of aryl methyl sites for hydroxylation is 3. The fourth-order valence-electron chi connectivity index (χ4n) is 2.82. The van der Waals surface area contributed by atoms with Crippen LogP contribution in [-0.2, 0) is 14.3 Å². The zero-order chi connectivity index (χ0) is 21.0. The van der Waals surface area contributed by atoms with E-state index in [9.17, 15) is 9.59 Å². The van der Waals surface area contributed by atoms with Crippen LogP contribution < -0.4 is 0 Å². The zero-order valence-electron chi connectivity index (χ0n) is 16.7. The molecule has 1 unspecified atom stereocenters. The third-order valence-electron chi connectivity index (χ3n) is 4.13. The van der Waals surface area contributed by atoms with Crippen LogP contribution in [0.4, 0.5) is 0 Å². The van der Waals surface area contributed by atoms with Crippen LogP contribution in [-0.4, -0.2) is 43.9 Å². The predicted molar refractivity (Wildman–Crippen MR) is 113 cm³/mol. The van der Waals surface area contributed by atoms with Crippen molar-refractivity contribution in [1.82, 2.24) is 19.7 Å². The van der Waals surface area contributed by atoms with Crippen molar-refractivity contribution in [3.05, 3.63) is 51.7 Å². The Hall–Kier alpha value is -2.52. The van der Waals surface area contributed by atoms with Crippen LogP contribution in [0.25, 0.3) is 5.69 Å². The Morgan fingerprint density at radius 3 is 2.69 bits per heavy atom. The molecule has 2 aromatic heterocycles. The van der Waals surface area contributed by atoms with Gasteiger partial charge in [0.15, 0.2) is 16.9 Å². The Labute approximate surface area is 177 Å². The molecule has 0 spiro atoms. The van der Waals surface area contributed by atoms with Gasteiger partial charge < -0.3 is 4.74 Å². The van der Waals surface area contributed by atoms with Gasteiger partial charge in [-0.05, 0) is 45.4 Å². The highest BCUT2D eigenvalue weighted by atomic mass is 32.2. The number of ether oxygens (including phenoxy) is 1. The minimum Gasteiger partial charge on any atom is -0.465 e. The number of ketones is 1. The van der Waals surface area contributed by atoms with E-state index in [0.29, 0.717) is 10.2 Å². The number of carbonyl (C=O) groups excluding carboxylic acids is 2. The largest absolute Gasteiger partial charge is 0.465 e. The number of hydrogen-bond acceptors (Lipinski definition) is 8. The number of thiazole rings is 1. The summed E-state index contributed by atoms with van der Waals surface area (Å²) in [4.78, 5) is 29.7. The van der Waals surface area contributed by atoms with Crippen LogP contribution in [0.15, 0.2) is 34.8 Å². The van der Waals surface area contributed by atoms with E-state index in [-0.39, 0.29) is 18.1 Å². The van der Waals surface area contributed by atoms with Crippen molar-refractivity contribution in [2.75, 3.05) is 12.4 Å². The summed E-state index contributed by atoms with van der Waals surface area (Å²) in [6.45, 7) is 7.63. The fraction of sp³-hybridized carbons (Fsp3) is 0.350. The molecule has 0 saturated carbocycles. The molecule has 152 valence electrons. The molecule has 7 nitrogen and oxygen atoms in total. The first-order valence-corrected chi connectivity index (χ1v) is 11.0. The first kappa shape index (κ1) is 21.2. The number of nitrogens with zero attached hydrogens (tertiary/aromatic N) is 4. The summed E-state index contributed by atoms with van der Waals surface area (Å²) >= 11 is 2.54. The Kier molecular flexibility index (Phi) is 6.81. The van der Waals surface area contributed by atoms with Crippen LogP contribution in [0.3, 0.4) is 0 Å². The van der Waals surface area contributed by atoms with Gasteiger partial charge in [-0.15, -0.1) is 21.5 Å². The second kappa shape index (κ2) is 9.32. The van der Waals surface area contributed by atoms with Gasteiger partial charge in [-0.3, -0.25) is 14.2 Å². The molecule has 0 saturated heterocycles. The minimum absolute atomic E-state index is 0.0616. The first-order chi connectivity index (χ1) is 13.9. The second-order valence-electron chi connectivity index (χ2n) is 6.47. The van der Waals surface area contributed by atoms with Gasteiger partial charge in [-0.2, -0.15) is 0 Å². The Morgan fingerprint density at radius 2 is 2.03 bits per heavy atom. The molecule has 0 radical (unpaired) electrons. The Balaban J connectivity index is 1.81. The molecule has 0 amide bonds. The molecule has 29 heavy (non-hydrogen) atoms. The lowest BCUT2D eigenvalue weighted by atomic mass is 10.1. The molecule has 0 fully saturated rings. The van der Waals surface area contributed by atoms with Crippen molar-refractivity contribution >= 4 is 34.9 Å². The first-order valence-electron chi connectivity index (χ1n) is 9.14. The standard InChI is InChI=1S/C20H22N4O3S2/c1-5-27-19(26)17(18-21-13(3)10-28-18)16(25)11-29-20-23-22-14(4)24(20)15-8-6-7-12(2)9-15/h6-10,17H,5,11H2,1-4H3. The average molecular weight is 431 g/mol. The SMILES string of the molecule is CCOC(=O)C(C(=O)CSc1nnc(C)n1-c1cccc(C)c1)c1nc(C)cs1. The van der Waals surface area contributed by atoms with E-state index >= 15 is 0 Å². The maximum atomic E-state index is 12.9. The van der Waals surface area contributed by atoms with Gasteiger partial charge in [0.2, 0.25) is 0 Å². The topological polar surface area (TPSA) is 87.0 Å². The molecule has 1 atom stereocenters. The molecule has 9 heteroatoms. The molecule has 3 aromatic rings. The molecule has 0 bridgehead atoms. The summed E-state index contributed by atoms with van der Waals surface area (Å²) in [5, 5.41) is 11.2. The highest BCUT2D eigenvalue weighted by Crippen LogP contribution is 2.27. The molecular formula is C20H22N4O3S2. The normalized spacial score (nSPS) is 12.0. The number of benzene rings is 1. The fourth-order valence-corrected chi connectivity index (χ4v) is 4.63. The maximum Gasteiger partial charge on any atom is 0.323 e. The van der Waals surface area contributed by atoms with E-state index in [1.807, 2.05) is 55.0 Å². The number of aromatic nitrogens is 4. The Bertz CT molecular complexity index is 1030. The number of rotatable bonds is 8. The van der Waals surface area contributed by atoms with Gasteiger partial charge >= 0.3 is 5.97 Å². The lowest BCUT2D eigenvalue weighted by molar-refractivity contribution is -0.147. The molecule has 3 rings (SSSR count). The summed E-state index contributed by atoms with van der Waals surface area (Å²) in [7, 11) is 0. The molecular weight excluding hydrogens is 408 g/mol. The molecule has 0 aliphatic rings. The van der Waals surface area contributed by atoms with Gasteiger partial charge in [-0.1, -0.05) is 23.9 Å². The monoisotopic (exact) mass is 430 g/mol. The van der Waals surface area contributed by atoms with Gasteiger partial charge in [0, 0.05) is 16.8 Å². The van der Waals surface area contributed by atoms with Crippen molar-refractivity contribution in [3.63, 3.8) is 0 Å².